The topological polar surface area (TPSA) is 47.3 Å². The Hall–Kier alpha value is -0.930. The summed E-state index contributed by atoms with van der Waals surface area (Å²) >= 11 is 4.81. The largest absolute Gasteiger partial charge is 0.416 e. The molecule has 3 rings (SSSR count). The average molecular weight is 498 g/mol. The van der Waals surface area contributed by atoms with E-state index in [1.807, 2.05) is 18.2 Å². The normalized spacial score (nSPS) is 12.8. The van der Waals surface area contributed by atoms with E-state index < -0.39 is 11.7 Å². The van der Waals surface area contributed by atoms with Gasteiger partial charge in [0.05, 0.1) is 12.2 Å². The quantitative estimate of drug-likeness (QED) is 0.410. The van der Waals surface area contributed by atoms with Crippen molar-refractivity contribution < 1.29 is 17.9 Å². The summed E-state index contributed by atoms with van der Waals surface area (Å²) in [5.41, 5.74) is 7.30. The SMILES string of the molecule is Cl.NCCOCCCNc1cc(C(F)(F)F)cc2c1Cc1ccc(Br)cc1S2. The second-order valence-corrected chi connectivity index (χ2v) is 8.21. The molecule has 1 heterocycles. The molecular weight excluding hydrogens is 477 g/mol. The molecule has 0 saturated carbocycles. The first kappa shape index (κ1) is 23.3. The molecule has 0 saturated heterocycles. The Balaban J connectivity index is 0.00000280. The van der Waals surface area contributed by atoms with Crippen LogP contribution in [0.25, 0.3) is 0 Å². The first-order valence-electron chi connectivity index (χ1n) is 8.60. The van der Waals surface area contributed by atoms with Crippen LogP contribution in [0.4, 0.5) is 18.9 Å². The van der Waals surface area contributed by atoms with Gasteiger partial charge >= 0.3 is 6.18 Å². The maximum atomic E-state index is 13.3. The van der Waals surface area contributed by atoms with Crippen LogP contribution in [0.3, 0.4) is 0 Å². The van der Waals surface area contributed by atoms with Crippen LogP contribution in [0.5, 0.6) is 0 Å². The van der Waals surface area contributed by atoms with E-state index in [1.165, 1.54) is 23.9 Å². The second-order valence-electron chi connectivity index (χ2n) is 6.21. The summed E-state index contributed by atoms with van der Waals surface area (Å²) < 4.78 is 46.3. The fourth-order valence-electron chi connectivity index (χ4n) is 2.90. The molecule has 0 radical (unpaired) electrons. The van der Waals surface area contributed by atoms with Crippen molar-refractivity contribution in [1.29, 1.82) is 0 Å². The molecule has 1 aliphatic rings. The molecule has 0 bridgehead atoms. The van der Waals surface area contributed by atoms with Crippen molar-refractivity contribution in [3.05, 3.63) is 51.5 Å². The van der Waals surface area contributed by atoms with Crippen LogP contribution in [-0.4, -0.2) is 26.3 Å². The molecule has 0 aliphatic carbocycles. The van der Waals surface area contributed by atoms with Gasteiger partial charge in [-0.1, -0.05) is 33.8 Å². The maximum absolute atomic E-state index is 13.3. The van der Waals surface area contributed by atoms with Gasteiger partial charge < -0.3 is 15.8 Å². The van der Waals surface area contributed by atoms with Gasteiger partial charge in [-0.15, -0.1) is 12.4 Å². The van der Waals surface area contributed by atoms with Crippen molar-refractivity contribution in [2.24, 2.45) is 5.73 Å². The number of halogens is 5. The minimum Gasteiger partial charge on any atom is -0.385 e. The van der Waals surface area contributed by atoms with Crippen molar-refractivity contribution in [2.45, 2.75) is 28.8 Å². The number of nitrogens with one attached hydrogen (secondary N) is 1. The van der Waals surface area contributed by atoms with Gasteiger partial charge in [-0.25, -0.2) is 0 Å². The van der Waals surface area contributed by atoms with Gasteiger partial charge in [-0.3, -0.25) is 0 Å². The smallest absolute Gasteiger partial charge is 0.385 e. The van der Waals surface area contributed by atoms with Crippen molar-refractivity contribution in [3.8, 4) is 0 Å². The Labute approximate surface area is 181 Å². The van der Waals surface area contributed by atoms with E-state index >= 15 is 0 Å². The van der Waals surface area contributed by atoms with Gasteiger partial charge in [0.1, 0.15) is 0 Å². The number of anilines is 1. The molecule has 0 amide bonds. The molecule has 1 aliphatic heterocycles. The van der Waals surface area contributed by atoms with Gasteiger partial charge in [-0.05, 0) is 41.8 Å². The molecular formula is C19H21BrClF3N2OS. The zero-order valence-electron chi connectivity index (χ0n) is 14.9. The van der Waals surface area contributed by atoms with Gasteiger partial charge in [0.15, 0.2) is 0 Å². The first-order chi connectivity index (χ1) is 12.9. The van der Waals surface area contributed by atoms with Gasteiger partial charge in [0.2, 0.25) is 0 Å². The number of hydrogen-bond acceptors (Lipinski definition) is 4. The molecule has 9 heteroatoms. The number of ether oxygens (including phenoxy) is 1. The second kappa shape index (κ2) is 10.2. The fourth-order valence-corrected chi connectivity index (χ4v) is 4.60. The van der Waals surface area contributed by atoms with Crippen LogP contribution in [-0.2, 0) is 17.3 Å². The van der Waals surface area contributed by atoms with Gasteiger partial charge in [0, 0.05) is 46.1 Å². The highest BCUT2D eigenvalue weighted by Crippen LogP contribution is 2.46. The molecule has 0 aromatic heterocycles. The Kier molecular flexibility index (Phi) is 8.51. The molecule has 0 unspecified atom stereocenters. The monoisotopic (exact) mass is 496 g/mol. The molecule has 28 heavy (non-hydrogen) atoms. The zero-order valence-corrected chi connectivity index (χ0v) is 18.2. The number of hydrogen-bond donors (Lipinski definition) is 2. The number of fused-ring (bicyclic) bond motifs is 2. The molecule has 2 aromatic carbocycles. The highest BCUT2D eigenvalue weighted by Gasteiger charge is 2.33. The third kappa shape index (κ3) is 5.79. The van der Waals surface area contributed by atoms with E-state index in [1.54, 1.807) is 0 Å². The average Bonchev–Trinajstić information content (AvgIpc) is 2.61. The van der Waals surface area contributed by atoms with Crippen LogP contribution in [0.1, 0.15) is 23.1 Å². The molecule has 0 fully saturated rings. The Morgan fingerprint density at radius 3 is 2.64 bits per heavy atom. The molecule has 3 N–H and O–H groups in total. The zero-order chi connectivity index (χ0) is 19.4. The number of alkyl halides is 3. The third-order valence-electron chi connectivity index (χ3n) is 4.20. The van der Waals surface area contributed by atoms with Crippen molar-refractivity contribution in [3.63, 3.8) is 0 Å². The lowest BCUT2D eigenvalue weighted by Crippen LogP contribution is -2.14. The van der Waals surface area contributed by atoms with E-state index in [0.717, 1.165) is 20.5 Å². The van der Waals surface area contributed by atoms with E-state index in [2.05, 4.69) is 21.2 Å². The van der Waals surface area contributed by atoms with Crippen molar-refractivity contribution in [2.75, 3.05) is 31.6 Å². The summed E-state index contributed by atoms with van der Waals surface area (Å²) in [7, 11) is 0. The van der Waals surface area contributed by atoms with E-state index in [9.17, 15) is 13.2 Å². The third-order valence-corrected chi connectivity index (χ3v) is 5.87. The molecule has 2 aromatic rings. The number of benzene rings is 2. The highest BCUT2D eigenvalue weighted by molar-refractivity contribution is 9.10. The van der Waals surface area contributed by atoms with Gasteiger partial charge in [0.25, 0.3) is 0 Å². The summed E-state index contributed by atoms with van der Waals surface area (Å²) in [6.07, 6.45) is -3.08. The fraction of sp³-hybridized carbons (Fsp3) is 0.368. The van der Waals surface area contributed by atoms with Crippen molar-refractivity contribution >= 4 is 45.8 Å². The lowest BCUT2D eigenvalue weighted by Gasteiger charge is -2.24. The van der Waals surface area contributed by atoms with Crippen LogP contribution >= 0.6 is 40.1 Å². The first-order valence-corrected chi connectivity index (χ1v) is 10.2. The Morgan fingerprint density at radius 2 is 1.93 bits per heavy atom. The standard InChI is InChI=1S/C19H20BrF3N2OS.ClH/c20-14-3-2-12-8-15-16(25-5-1-6-26-7-4-24)9-13(19(21,22)23)10-18(15)27-17(12)11-14;/h2-3,9-11,25H,1,4-8,24H2;1H. The molecule has 3 nitrogen and oxygen atoms in total. The summed E-state index contributed by atoms with van der Waals surface area (Å²) in [5.74, 6) is 0. The van der Waals surface area contributed by atoms with Crippen molar-refractivity contribution in [1.82, 2.24) is 0 Å². The highest BCUT2D eigenvalue weighted by atomic mass is 79.9. The number of nitrogens with two attached hydrogens (primary N) is 1. The number of rotatable bonds is 7. The summed E-state index contributed by atoms with van der Waals surface area (Å²) in [6.45, 7) is 2.01. The molecule has 0 atom stereocenters. The lowest BCUT2D eigenvalue weighted by atomic mass is 10.00. The minimum atomic E-state index is -4.38. The van der Waals surface area contributed by atoms with Crippen LogP contribution in [0.15, 0.2) is 44.6 Å². The predicted molar refractivity (Wildman–Crippen MR) is 113 cm³/mol. The maximum Gasteiger partial charge on any atom is 0.416 e. The lowest BCUT2D eigenvalue weighted by molar-refractivity contribution is -0.137. The minimum absolute atomic E-state index is 0. The van der Waals surface area contributed by atoms with Crippen LogP contribution < -0.4 is 11.1 Å². The predicted octanol–water partition coefficient (Wildman–Crippen LogP) is 5.72. The van der Waals surface area contributed by atoms with E-state index in [0.29, 0.717) is 49.7 Å². The summed E-state index contributed by atoms with van der Waals surface area (Å²) in [5, 5.41) is 3.17. The summed E-state index contributed by atoms with van der Waals surface area (Å²) in [4.78, 5) is 1.63. The van der Waals surface area contributed by atoms with Crippen LogP contribution in [0.2, 0.25) is 0 Å². The molecule has 154 valence electrons. The summed E-state index contributed by atoms with van der Waals surface area (Å²) in [6, 6.07) is 8.38. The molecule has 0 spiro atoms. The Morgan fingerprint density at radius 1 is 1.14 bits per heavy atom. The van der Waals surface area contributed by atoms with E-state index in [4.69, 9.17) is 10.5 Å². The van der Waals surface area contributed by atoms with E-state index in [-0.39, 0.29) is 12.4 Å². The Bertz CT molecular complexity index is 820. The van der Waals surface area contributed by atoms with Crippen LogP contribution in [0, 0.1) is 0 Å². The van der Waals surface area contributed by atoms with Gasteiger partial charge in [-0.2, -0.15) is 13.2 Å².